The van der Waals surface area contributed by atoms with Crippen LogP contribution in [0.25, 0.3) is 16.9 Å². The quantitative estimate of drug-likeness (QED) is 0.315. The molecule has 200 valence electrons. The maximum Gasteiger partial charge on any atom is 0.273 e. The molecule has 39 heavy (non-hydrogen) atoms. The van der Waals surface area contributed by atoms with E-state index in [9.17, 15) is 9.18 Å². The number of fused-ring (bicyclic) bond motifs is 2. The maximum atomic E-state index is 15.3. The number of carbonyl (C=O) groups excluding carboxylic acids is 1. The van der Waals surface area contributed by atoms with Crippen molar-refractivity contribution in [3.05, 3.63) is 82.9 Å². The summed E-state index contributed by atoms with van der Waals surface area (Å²) < 4.78 is 45.6. The molecule has 4 aromatic rings. The predicted molar refractivity (Wildman–Crippen MR) is 142 cm³/mol. The number of anilines is 1. The van der Waals surface area contributed by atoms with Crippen LogP contribution in [-0.4, -0.2) is 51.2 Å². The molecule has 3 aliphatic rings. The third kappa shape index (κ3) is 4.15. The van der Waals surface area contributed by atoms with E-state index in [-0.39, 0.29) is 36.7 Å². The van der Waals surface area contributed by atoms with E-state index in [4.69, 9.17) is 0 Å². The zero-order valence-corrected chi connectivity index (χ0v) is 21.5. The van der Waals surface area contributed by atoms with Crippen molar-refractivity contribution in [1.82, 2.24) is 19.5 Å². The number of amides is 1. The van der Waals surface area contributed by atoms with Gasteiger partial charge in [0.2, 0.25) is 0 Å². The summed E-state index contributed by atoms with van der Waals surface area (Å²) in [6, 6.07) is 15.3. The fraction of sp³-hybridized carbons (Fsp3) is 0.367. The summed E-state index contributed by atoms with van der Waals surface area (Å²) in [4.78, 5) is 21.7. The van der Waals surface area contributed by atoms with Gasteiger partial charge in [-0.3, -0.25) is 4.79 Å². The lowest BCUT2D eigenvalue weighted by Gasteiger charge is -2.36. The van der Waals surface area contributed by atoms with Gasteiger partial charge in [-0.1, -0.05) is 24.3 Å². The molecule has 2 aromatic heterocycles. The van der Waals surface area contributed by atoms with Crippen molar-refractivity contribution in [2.75, 3.05) is 24.5 Å². The van der Waals surface area contributed by atoms with Crippen LogP contribution < -0.4 is 4.90 Å². The molecule has 0 spiro atoms. The van der Waals surface area contributed by atoms with Gasteiger partial charge < -0.3 is 9.80 Å². The minimum Gasteiger partial charge on any atom is -0.368 e. The highest BCUT2D eigenvalue weighted by Crippen LogP contribution is 2.42. The summed E-state index contributed by atoms with van der Waals surface area (Å²) in [5, 5.41) is 4.67. The molecule has 2 aliphatic heterocycles. The number of alkyl halides is 2. The van der Waals surface area contributed by atoms with Gasteiger partial charge in [0.1, 0.15) is 23.9 Å². The van der Waals surface area contributed by atoms with Gasteiger partial charge in [0.05, 0.1) is 18.3 Å². The van der Waals surface area contributed by atoms with Crippen LogP contribution in [0.2, 0.25) is 0 Å². The summed E-state index contributed by atoms with van der Waals surface area (Å²) >= 11 is 0. The van der Waals surface area contributed by atoms with Crippen LogP contribution in [0.4, 0.5) is 18.9 Å². The molecule has 3 unspecified atom stereocenters. The summed E-state index contributed by atoms with van der Waals surface area (Å²) in [6.45, 7) is 2.69. The van der Waals surface area contributed by atoms with Crippen molar-refractivity contribution in [3.63, 3.8) is 0 Å². The molecule has 1 amide bonds. The van der Waals surface area contributed by atoms with Gasteiger partial charge in [-0.25, -0.2) is 22.7 Å². The largest absolute Gasteiger partial charge is 0.368 e. The van der Waals surface area contributed by atoms with Gasteiger partial charge >= 0.3 is 0 Å². The standard InChI is InChI=1S/C30H28F3N5O/c1-17-21-4-2-3-5-22(21)25(33)16-37(17)30(39)27-13-28(18-6-7-18)38-29(34-27)14-26(35-38)23-9-8-20(12-24(23)32)36-11-10-19(31)15-36/h2-5,8-9,12-14,17-19,25H,6-7,10-11,15-16H2,1H3. The van der Waals surface area contributed by atoms with Gasteiger partial charge in [0, 0.05) is 42.0 Å². The lowest BCUT2D eigenvalue weighted by molar-refractivity contribution is 0.0585. The fourth-order valence-corrected chi connectivity index (χ4v) is 5.95. The molecule has 1 saturated heterocycles. The Morgan fingerprint density at radius 3 is 2.49 bits per heavy atom. The lowest BCUT2D eigenvalue weighted by Crippen LogP contribution is -2.40. The Bertz CT molecular complexity index is 1600. The number of nitrogens with zero attached hydrogens (tertiary/aromatic N) is 5. The highest BCUT2D eigenvalue weighted by molar-refractivity contribution is 5.93. The first-order valence-corrected chi connectivity index (χ1v) is 13.5. The molecular weight excluding hydrogens is 503 g/mol. The molecule has 0 N–H and O–H groups in total. The number of aromatic nitrogens is 3. The highest BCUT2D eigenvalue weighted by Gasteiger charge is 2.36. The third-order valence-electron chi connectivity index (χ3n) is 8.26. The first kappa shape index (κ1) is 24.2. The van der Waals surface area contributed by atoms with Crippen LogP contribution in [0.15, 0.2) is 54.6 Å². The molecule has 9 heteroatoms. The molecule has 6 nitrogen and oxygen atoms in total. The number of rotatable bonds is 4. The van der Waals surface area contributed by atoms with Crippen molar-refractivity contribution in [3.8, 4) is 11.3 Å². The van der Waals surface area contributed by atoms with Crippen LogP contribution in [-0.2, 0) is 0 Å². The predicted octanol–water partition coefficient (Wildman–Crippen LogP) is 6.19. The third-order valence-corrected chi connectivity index (χ3v) is 8.26. The van der Waals surface area contributed by atoms with E-state index < -0.39 is 18.2 Å². The zero-order valence-electron chi connectivity index (χ0n) is 21.5. The second-order valence-corrected chi connectivity index (χ2v) is 10.9. The molecule has 1 aliphatic carbocycles. The van der Waals surface area contributed by atoms with E-state index in [1.165, 1.54) is 6.07 Å². The Morgan fingerprint density at radius 1 is 0.974 bits per heavy atom. The van der Waals surface area contributed by atoms with Crippen molar-refractivity contribution in [1.29, 1.82) is 0 Å². The summed E-state index contributed by atoms with van der Waals surface area (Å²) in [6.07, 6.45) is 0.221. The van der Waals surface area contributed by atoms with E-state index in [0.29, 0.717) is 41.1 Å². The topological polar surface area (TPSA) is 53.7 Å². The van der Waals surface area contributed by atoms with E-state index >= 15 is 8.78 Å². The Balaban J connectivity index is 1.24. The molecule has 1 saturated carbocycles. The minimum atomic E-state index is -1.27. The average Bonchev–Trinajstić information content (AvgIpc) is 3.55. The van der Waals surface area contributed by atoms with E-state index in [2.05, 4.69) is 10.1 Å². The molecule has 3 atom stereocenters. The highest BCUT2D eigenvalue weighted by atomic mass is 19.1. The number of hydrogen-bond donors (Lipinski definition) is 0. The van der Waals surface area contributed by atoms with Crippen LogP contribution in [0.1, 0.15) is 71.6 Å². The second-order valence-electron chi connectivity index (χ2n) is 10.9. The van der Waals surface area contributed by atoms with Crippen molar-refractivity contribution in [2.45, 2.75) is 50.5 Å². The number of benzene rings is 2. The Hall–Kier alpha value is -3.88. The van der Waals surface area contributed by atoms with E-state index in [0.717, 1.165) is 24.1 Å². The summed E-state index contributed by atoms with van der Waals surface area (Å²) in [7, 11) is 0. The normalized spacial score (nSPS) is 22.9. The Labute approximate surface area is 224 Å². The molecule has 2 fully saturated rings. The zero-order chi connectivity index (χ0) is 26.8. The summed E-state index contributed by atoms with van der Waals surface area (Å²) in [5.74, 6) is -0.546. The molecule has 2 aromatic carbocycles. The second kappa shape index (κ2) is 9.10. The van der Waals surface area contributed by atoms with Crippen LogP contribution in [0.5, 0.6) is 0 Å². The first-order chi connectivity index (χ1) is 18.9. The van der Waals surface area contributed by atoms with E-state index in [1.807, 2.05) is 30.0 Å². The smallest absolute Gasteiger partial charge is 0.273 e. The molecule has 7 rings (SSSR count). The van der Waals surface area contributed by atoms with Gasteiger partial charge in [-0.2, -0.15) is 5.10 Å². The van der Waals surface area contributed by atoms with Crippen molar-refractivity contribution < 1.29 is 18.0 Å². The summed E-state index contributed by atoms with van der Waals surface area (Å²) in [5.41, 5.74) is 4.33. The van der Waals surface area contributed by atoms with Crippen LogP contribution in [0, 0.1) is 5.82 Å². The van der Waals surface area contributed by atoms with Crippen LogP contribution >= 0.6 is 0 Å². The first-order valence-electron chi connectivity index (χ1n) is 13.5. The van der Waals surface area contributed by atoms with Gasteiger partial charge in [-0.15, -0.1) is 0 Å². The maximum absolute atomic E-state index is 15.3. The monoisotopic (exact) mass is 531 g/mol. The number of carbonyl (C=O) groups is 1. The van der Waals surface area contributed by atoms with Crippen molar-refractivity contribution in [2.24, 2.45) is 0 Å². The lowest BCUT2D eigenvalue weighted by atomic mass is 9.92. The van der Waals surface area contributed by atoms with Gasteiger partial charge in [0.25, 0.3) is 5.91 Å². The SMILES string of the molecule is CC1c2ccccc2C(F)CN1C(=O)c1cc(C2CC2)n2nc(-c3ccc(N4CCC(F)C4)cc3F)cc2n1. The van der Waals surface area contributed by atoms with Crippen LogP contribution in [0.3, 0.4) is 0 Å². The van der Waals surface area contributed by atoms with Crippen molar-refractivity contribution >= 4 is 17.2 Å². The van der Waals surface area contributed by atoms with E-state index in [1.54, 1.807) is 39.7 Å². The number of halogens is 3. The molecular formula is C30H28F3N5O. The fourth-order valence-electron chi connectivity index (χ4n) is 5.95. The minimum absolute atomic E-state index is 0.0368. The Kier molecular flexibility index (Phi) is 5.64. The van der Waals surface area contributed by atoms with Gasteiger partial charge in [0.15, 0.2) is 5.65 Å². The Morgan fingerprint density at radius 2 is 1.77 bits per heavy atom. The molecule has 0 radical (unpaired) electrons. The number of hydrogen-bond acceptors (Lipinski definition) is 4. The molecule has 4 heterocycles. The molecule has 0 bridgehead atoms. The average molecular weight is 532 g/mol. The van der Waals surface area contributed by atoms with Gasteiger partial charge in [-0.05, 0) is 61.6 Å².